The molecule has 3 N–H and O–H groups in total. The molecule has 2 rings (SSSR count). The number of nitrogens with two attached hydrogens (primary N) is 1. The lowest BCUT2D eigenvalue weighted by Gasteiger charge is -2.07. The van der Waals surface area contributed by atoms with Crippen molar-refractivity contribution in [3.63, 3.8) is 0 Å². The maximum absolute atomic E-state index is 13.3. The molecular formula is C14H21FN2. The minimum atomic E-state index is -0.335. The van der Waals surface area contributed by atoms with Gasteiger partial charge < -0.3 is 11.1 Å². The number of nitrogens with one attached hydrogen (secondary N) is 1. The van der Waals surface area contributed by atoms with E-state index in [0.29, 0.717) is 23.4 Å². The van der Waals surface area contributed by atoms with E-state index in [2.05, 4.69) is 33.0 Å². The lowest BCUT2D eigenvalue weighted by atomic mass is 10.0. The smallest absolute Gasteiger partial charge is 0.146 e. The van der Waals surface area contributed by atoms with E-state index in [0.717, 1.165) is 5.56 Å². The van der Waals surface area contributed by atoms with E-state index >= 15 is 0 Å². The Hall–Kier alpha value is -1.09. The summed E-state index contributed by atoms with van der Waals surface area (Å²) >= 11 is 0. The van der Waals surface area contributed by atoms with Crippen molar-refractivity contribution in [1.29, 1.82) is 0 Å². The predicted octanol–water partition coefficient (Wildman–Crippen LogP) is 2.93. The van der Waals surface area contributed by atoms with Gasteiger partial charge in [0.15, 0.2) is 0 Å². The van der Waals surface area contributed by atoms with E-state index in [1.54, 1.807) is 6.07 Å². The van der Waals surface area contributed by atoms with E-state index < -0.39 is 0 Å². The molecule has 0 atom stereocenters. The van der Waals surface area contributed by atoms with Crippen LogP contribution in [0.3, 0.4) is 0 Å². The Labute approximate surface area is 102 Å². The van der Waals surface area contributed by atoms with Crippen LogP contribution in [-0.4, -0.2) is 6.04 Å². The fourth-order valence-corrected chi connectivity index (χ4v) is 2.61. The van der Waals surface area contributed by atoms with Crippen LogP contribution < -0.4 is 11.1 Å². The van der Waals surface area contributed by atoms with Gasteiger partial charge in [-0.2, -0.15) is 0 Å². The number of halogens is 1. The summed E-state index contributed by atoms with van der Waals surface area (Å²) in [5, 5.41) is 3.49. The van der Waals surface area contributed by atoms with E-state index in [1.807, 2.05) is 6.07 Å². The topological polar surface area (TPSA) is 38.0 Å². The van der Waals surface area contributed by atoms with Crippen molar-refractivity contribution < 1.29 is 4.39 Å². The summed E-state index contributed by atoms with van der Waals surface area (Å²) in [7, 11) is 0. The summed E-state index contributed by atoms with van der Waals surface area (Å²) in [5.74, 6) is -0.335. The third-order valence-corrected chi connectivity index (χ3v) is 4.60. The zero-order valence-electron chi connectivity index (χ0n) is 11.0. The molecule has 0 amide bonds. The van der Waals surface area contributed by atoms with Crippen LogP contribution in [0.4, 0.5) is 10.1 Å². The lowest BCUT2D eigenvalue weighted by Crippen LogP contribution is -2.21. The number of hydrogen-bond donors (Lipinski definition) is 2. The molecule has 0 spiro atoms. The lowest BCUT2D eigenvalue weighted by molar-refractivity contribution is 0.457. The average Bonchev–Trinajstić information content (AvgIpc) is 2.61. The molecule has 1 fully saturated rings. The van der Waals surface area contributed by atoms with Gasteiger partial charge in [0.25, 0.3) is 0 Å². The van der Waals surface area contributed by atoms with Gasteiger partial charge in [-0.25, -0.2) is 4.39 Å². The minimum Gasteiger partial charge on any atom is -0.396 e. The molecule has 0 aromatic heterocycles. The summed E-state index contributed by atoms with van der Waals surface area (Å²) in [6.45, 7) is 9.72. The van der Waals surface area contributed by atoms with Crippen molar-refractivity contribution >= 4 is 5.69 Å². The second-order valence-electron chi connectivity index (χ2n) is 6.11. The van der Waals surface area contributed by atoms with Crippen LogP contribution in [0.15, 0.2) is 18.2 Å². The fourth-order valence-electron chi connectivity index (χ4n) is 2.61. The van der Waals surface area contributed by atoms with Gasteiger partial charge in [0.1, 0.15) is 5.82 Å². The number of benzene rings is 1. The summed E-state index contributed by atoms with van der Waals surface area (Å²) in [6, 6.07) is 5.48. The Bertz CT molecular complexity index is 424. The Morgan fingerprint density at radius 3 is 2.29 bits per heavy atom. The SMILES string of the molecule is CC1(C)C(NCc2ccc(N)c(F)c2)C1(C)C. The van der Waals surface area contributed by atoms with E-state index in [9.17, 15) is 4.39 Å². The zero-order chi connectivity index (χ0) is 12.8. The van der Waals surface area contributed by atoms with Crippen LogP contribution in [0.1, 0.15) is 33.3 Å². The Kier molecular flexibility index (Phi) is 2.69. The number of hydrogen-bond acceptors (Lipinski definition) is 2. The number of anilines is 1. The Morgan fingerprint density at radius 2 is 1.82 bits per heavy atom. The highest BCUT2D eigenvalue weighted by atomic mass is 19.1. The quantitative estimate of drug-likeness (QED) is 0.792. The monoisotopic (exact) mass is 236 g/mol. The van der Waals surface area contributed by atoms with Gasteiger partial charge in [-0.3, -0.25) is 0 Å². The van der Waals surface area contributed by atoms with Crippen molar-refractivity contribution in [2.24, 2.45) is 10.8 Å². The molecule has 1 aromatic rings. The van der Waals surface area contributed by atoms with Crippen LogP contribution in [-0.2, 0) is 6.54 Å². The van der Waals surface area contributed by atoms with Gasteiger partial charge in [-0.15, -0.1) is 0 Å². The molecule has 2 nitrogen and oxygen atoms in total. The second kappa shape index (κ2) is 3.70. The van der Waals surface area contributed by atoms with Crippen molar-refractivity contribution in [3.8, 4) is 0 Å². The highest BCUT2D eigenvalue weighted by Gasteiger charge is 2.64. The summed E-state index contributed by atoms with van der Waals surface area (Å²) in [6.07, 6.45) is 0. The van der Waals surface area contributed by atoms with Crippen molar-refractivity contribution in [2.45, 2.75) is 40.3 Å². The predicted molar refractivity (Wildman–Crippen MR) is 69.0 cm³/mol. The van der Waals surface area contributed by atoms with Crippen molar-refractivity contribution in [2.75, 3.05) is 5.73 Å². The van der Waals surface area contributed by atoms with Crippen LogP contribution >= 0.6 is 0 Å². The minimum absolute atomic E-state index is 0.209. The van der Waals surface area contributed by atoms with Gasteiger partial charge >= 0.3 is 0 Å². The van der Waals surface area contributed by atoms with Gasteiger partial charge in [0, 0.05) is 12.6 Å². The third kappa shape index (κ3) is 1.93. The highest BCUT2D eigenvalue weighted by Crippen LogP contribution is 2.62. The molecule has 0 saturated heterocycles. The first kappa shape index (κ1) is 12.4. The van der Waals surface area contributed by atoms with Crippen molar-refractivity contribution in [3.05, 3.63) is 29.6 Å². The molecule has 1 aromatic carbocycles. The van der Waals surface area contributed by atoms with Crippen LogP contribution in [0.2, 0.25) is 0 Å². The summed E-state index contributed by atoms with van der Waals surface area (Å²) in [5.41, 5.74) is 7.21. The molecule has 1 aliphatic carbocycles. The van der Waals surface area contributed by atoms with E-state index in [1.165, 1.54) is 6.07 Å². The maximum atomic E-state index is 13.3. The standard InChI is InChI=1S/C14H21FN2/c1-13(2)12(14(13,3)4)17-8-9-5-6-11(16)10(15)7-9/h5-7,12,17H,8,16H2,1-4H3. The molecule has 3 heteroatoms. The van der Waals surface area contributed by atoms with Crippen LogP contribution in [0.5, 0.6) is 0 Å². The molecule has 0 radical (unpaired) electrons. The van der Waals surface area contributed by atoms with Gasteiger partial charge in [-0.05, 0) is 28.5 Å². The average molecular weight is 236 g/mol. The first-order valence-electron chi connectivity index (χ1n) is 6.04. The van der Waals surface area contributed by atoms with E-state index in [-0.39, 0.29) is 11.5 Å². The first-order chi connectivity index (χ1) is 7.76. The fraction of sp³-hybridized carbons (Fsp3) is 0.571. The molecule has 0 bridgehead atoms. The van der Waals surface area contributed by atoms with Gasteiger partial charge in [0.05, 0.1) is 5.69 Å². The molecule has 1 aliphatic rings. The molecule has 0 heterocycles. The third-order valence-electron chi connectivity index (χ3n) is 4.60. The van der Waals surface area contributed by atoms with Gasteiger partial charge in [0.2, 0.25) is 0 Å². The summed E-state index contributed by atoms with van der Waals surface area (Å²) < 4.78 is 13.3. The van der Waals surface area contributed by atoms with Crippen molar-refractivity contribution in [1.82, 2.24) is 5.32 Å². The first-order valence-corrected chi connectivity index (χ1v) is 6.04. The second-order valence-corrected chi connectivity index (χ2v) is 6.11. The van der Waals surface area contributed by atoms with E-state index in [4.69, 9.17) is 5.73 Å². The normalized spacial score (nSPS) is 21.5. The number of rotatable bonds is 3. The molecule has 94 valence electrons. The molecule has 1 saturated carbocycles. The van der Waals surface area contributed by atoms with Gasteiger partial charge in [-0.1, -0.05) is 33.8 Å². The maximum Gasteiger partial charge on any atom is 0.146 e. The highest BCUT2D eigenvalue weighted by molar-refractivity contribution is 5.41. The Balaban J connectivity index is 1.98. The largest absolute Gasteiger partial charge is 0.396 e. The Morgan fingerprint density at radius 1 is 1.24 bits per heavy atom. The molecule has 0 aliphatic heterocycles. The molecule has 0 unspecified atom stereocenters. The molecular weight excluding hydrogens is 215 g/mol. The summed E-state index contributed by atoms with van der Waals surface area (Å²) in [4.78, 5) is 0. The van der Waals surface area contributed by atoms with Crippen LogP contribution in [0.25, 0.3) is 0 Å². The molecule has 17 heavy (non-hydrogen) atoms. The number of nitrogen functional groups attached to an aromatic ring is 1. The van der Waals surface area contributed by atoms with Crippen LogP contribution in [0, 0.1) is 16.6 Å². The zero-order valence-corrected chi connectivity index (χ0v) is 11.0.